The molecule has 1 aromatic heterocycles. The number of rotatable bonds is 2. The van der Waals surface area contributed by atoms with E-state index in [0.29, 0.717) is 0 Å². The van der Waals surface area contributed by atoms with Gasteiger partial charge in [-0.1, -0.05) is 19.1 Å². The standard InChI is InChI=1S/C14H15BrN2/c1-4-14-16-12(8-13(15)17-14)11-6-5-9(2)10(3)7-11/h5-8H,4H2,1-3H3. The zero-order chi connectivity index (χ0) is 12.4. The number of aryl methyl sites for hydroxylation is 3. The first-order chi connectivity index (χ1) is 8.10. The Bertz CT molecular complexity index is 550. The third kappa shape index (κ3) is 2.72. The molecule has 1 aromatic carbocycles. The minimum Gasteiger partial charge on any atom is -0.233 e. The molecule has 0 unspecified atom stereocenters. The molecule has 0 fully saturated rings. The number of hydrogen-bond donors (Lipinski definition) is 0. The molecule has 0 aliphatic rings. The predicted molar refractivity (Wildman–Crippen MR) is 74.0 cm³/mol. The van der Waals surface area contributed by atoms with Crippen LogP contribution in [0.3, 0.4) is 0 Å². The molecule has 0 amide bonds. The minimum absolute atomic E-state index is 0.845. The summed E-state index contributed by atoms with van der Waals surface area (Å²) in [5.41, 5.74) is 4.71. The van der Waals surface area contributed by atoms with Crippen molar-refractivity contribution in [3.8, 4) is 11.3 Å². The Kier molecular flexibility index (Phi) is 3.57. The maximum atomic E-state index is 4.55. The van der Waals surface area contributed by atoms with Crippen LogP contribution in [0.2, 0.25) is 0 Å². The lowest BCUT2D eigenvalue weighted by atomic mass is 10.0. The van der Waals surface area contributed by atoms with Crippen LogP contribution in [-0.4, -0.2) is 9.97 Å². The summed E-state index contributed by atoms with van der Waals surface area (Å²) in [6.07, 6.45) is 0.845. The van der Waals surface area contributed by atoms with E-state index in [0.717, 1.165) is 28.1 Å². The third-order valence-corrected chi connectivity index (χ3v) is 3.27. The summed E-state index contributed by atoms with van der Waals surface area (Å²) >= 11 is 3.43. The van der Waals surface area contributed by atoms with Crippen LogP contribution >= 0.6 is 15.9 Å². The summed E-state index contributed by atoms with van der Waals surface area (Å²) < 4.78 is 0.845. The smallest absolute Gasteiger partial charge is 0.130 e. The maximum absolute atomic E-state index is 4.55. The van der Waals surface area contributed by atoms with Crippen molar-refractivity contribution >= 4 is 15.9 Å². The zero-order valence-electron chi connectivity index (χ0n) is 10.3. The van der Waals surface area contributed by atoms with Gasteiger partial charge < -0.3 is 0 Å². The highest BCUT2D eigenvalue weighted by Gasteiger charge is 2.05. The molecule has 0 N–H and O–H groups in total. The van der Waals surface area contributed by atoms with Crippen LogP contribution in [-0.2, 0) is 6.42 Å². The van der Waals surface area contributed by atoms with Crippen molar-refractivity contribution in [2.24, 2.45) is 0 Å². The van der Waals surface area contributed by atoms with E-state index in [1.807, 2.05) is 6.07 Å². The predicted octanol–water partition coefficient (Wildman–Crippen LogP) is 4.09. The average molecular weight is 291 g/mol. The van der Waals surface area contributed by atoms with Gasteiger partial charge in [-0.3, -0.25) is 0 Å². The van der Waals surface area contributed by atoms with Gasteiger partial charge in [0.25, 0.3) is 0 Å². The van der Waals surface area contributed by atoms with E-state index in [-0.39, 0.29) is 0 Å². The Morgan fingerprint density at radius 1 is 1.06 bits per heavy atom. The lowest BCUT2D eigenvalue weighted by Crippen LogP contribution is -1.96. The summed E-state index contributed by atoms with van der Waals surface area (Å²) in [6.45, 7) is 6.30. The van der Waals surface area contributed by atoms with Crippen molar-refractivity contribution in [3.63, 3.8) is 0 Å². The van der Waals surface area contributed by atoms with E-state index >= 15 is 0 Å². The average Bonchev–Trinajstić information content (AvgIpc) is 2.32. The Labute approximate surface area is 110 Å². The van der Waals surface area contributed by atoms with Gasteiger partial charge in [0.05, 0.1) is 5.69 Å². The largest absolute Gasteiger partial charge is 0.233 e. The topological polar surface area (TPSA) is 25.8 Å². The quantitative estimate of drug-likeness (QED) is 0.779. The fourth-order valence-electron chi connectivity index (χ4n) is 1.67. The Morgan fingerprint density at radius 2 is 1.82 bits per heavy atom. The fourth-order valence-corrected chi connectivity index (χ4v) is 2.09. The van der Waals surface area contributed by atoms with Crippen molar-refractivity contribution in [1.82, 2.24) is 9.97 Å². The molecule has 0 saturated heterocycles. The van der Waals surface area contributed by atoms with Gasteiger partial charge in [-0.25, -0.2) is 9.97 Å². The van der Waals surface area contributed by atoms with Crippen LogP contribution in [0, 0.1) is 13.8 Å². The maximum Gasteiger partial charge on any atom is 0.130 e. The normalized spacial score (nSPS) is 10.6. The van der Waals surface area contributed by atoms with Gasteiger partial charge in [0.1, 0.15) is 10.4 Å². The third-order valence-electron chi connectivity index (χ3n) is 2.86. The van der Waals surface area contributed by atoms with E-state index in [4.69, 9.17) is 0 Å². The Hall–Kier alpha value is -1.22. The van der Waals surface area contributed by atoms with Crippen LogP contribution in [0.5, 0.6) is 0 Å². The van der Waals surface area contributed by atoms with Crippen molar-refractivity contribution in [2.75, 3.05) is 0 Å². The van der Waals surface area contributed by atoms with E-state index in [1.54, 1.807) is 0 Å². The zero-order valence-corrected chi connectivity index (χ0v) is 11.9. The molecule has 0 aliphatic carbocycles. The number of hydrogen-bond acceptors (Lipinski definition) is 2. The molecule has 0 atom stereocenters. The number of nitrogens with zero attached hydrogens (tertiary/aromatic N) is 2. The highest BCUT2D eigenvalue weighted by atomic mass is 79.9. The molecule has 17 heavy (non-hydrogen) atoms. The lowest BCUT2D eigenvalue weighted by molar-refractivity contribution is 0.931. The molecule has 0 spiro atoms. The van der Waals surface area contributed by atoms with Crippen LogP contribution in [0.1, 0.15) is 23.9 Å². The van der Waals surface area contributed by atoms with Gasteiger partial charge in [-0.05, 0) is 53.0 Å². The molecule has 0 saturated carbocycles. The molecular weight excluding hydrogens is 276 g/mol. The van der Waals surface area contributed by atoms with Crippen LogP contribution < -0.4 is 0 Å². The van der Waals surface area contributed by atoms with E-state index < -0.39 is 0 Å². The molecule has 1 heterocycles. The first-order valence-corrected chi connectivity index (χ1v) is 6.50. The van der Waals surface area contributed by atoms with Gasteiger partial charge in [0.2, 0.25) is 0 Å². The van der Waals surface area contributed by atoms with Gasteiger partial charge in [-0.2, -0.15) is 0 Å². The monoisotopic (exact) mass is 290 g/mol. The molecule has 2 aromatic rings. The van der Waals surface area contributed by atoms with Gasteiger partial charge in [-0.15, -0.1) is 0 Å². The second kappa shape index (κ2) is 4.96. The number of benzene rings is 1. The van der Waals surface area contributed by atoms with Crippen molar-refractivity contribution in [1.29, 1.82) is 0 Å². The van der Waals surface area contributed by atoms with Gasteiger partial charge in [0, 0.05) is 12.0 Å². The summed E-state index contributed by atoms with van der Waals surface area (Å²) in [6, 6.07) is 8.37. The summed E-state index contributed by atoms with van der Waals surface area (Å²) in [4.78, 5) is 8.88. The van der Waals surface area contributed by atoms with Crippen molar-refractivity contribution in [2.45, 2.75) is 27.2 Å². The highest BCUT2D eigenvalue weighted by molar-refractivity contribution is 9.10. The first-order valence-electron chi connectivity index (χ1n) is 5.71. The molecule has 2 nitrogen and oxygen atoms in total. The van der Waals surface area contributed by atoms with Crippen LogP contribution in [0.25, 0.3) is 11.3 Å². The summed E-state index contributed by atoms with van der Waals surface area (Å²) in [7, 11) is 0. The molecule has 88 valence electrons. The number of halogens is 1. The fraction of sp³-hybridized carbons (Fsp3) is 0.286. The van der Waals surface area contributed by atoms with E-state index in [2.05, 4.69) is 64.9 Å². The van der Waals surface area contributed by atoms with Gasteiger partial charge in [0.15, 0.2) is 0 Å². The van der Waals surface area contributed by atoms with Crippen molar-refractivity contribution < 1.29 is 0 Å². The van der Waals surface area contributed by atoms with Crippen LogP contribution in [0.4, 0.5) is 0 Å². The summed E-state index contributed by atoms with van der Waals surface area (Å²) in [5, 5.41) is 0. The molecule has 0 aliphatic heterocycles. The SMILES string of the molecule is CCc1nc(Br)cc(-c2ccc(C)c(C)c2)n1. The second-order valence-corrected chi connectivity index (χ2v) is 4.96. The molecule has 0 radical (unpaired) electrons. The molecule has 3 heteroatoms. The lowest BCUT2D eigenvalue weighted by Gasteiger charge is -2.06. The van der Waals surface area contributed by atoms with Gasteiger partial charge >= 0.3 is 0 Å². The minimum atomic E-state index is 0.845. The Morgan fingerprint density at radius 3 is 2.47 bits per heavy atom. The Balaban J connectivity index is 2.52. The molecular formula is C14H15BrN2. The van der Waals surface area contributed by atoms with E-state index in [1.165, 1.54) is 11.1 Å². The number of aromatic nitrogens is 2. The summed E-state index contributed by atoms with van der Waals surface area (Å²) in [5.74, 6) is 0.868. The highest BCUT2D eigenvalue weighted by Crippen LogP contribution is 2.22. The van der Waals surface area contributed by atoms with E-state index in [9.17, 15) is 0 Å². The first kappa shape index (κ1) is 12.2. The second-order valence-electron chi connectivity index (χ2n) is 4.14. The van der Waals surface area contributed by atoms with Crippen molar-refractivity contribution in [3.05, 3.63) is 45.8 Å². The van der Waals surface area contributed by atoms with Crippen LogP contribution in [0.15, 0.2) is 28.9 Å². The molecule has 2 rings (SSSR count). The molecule has 0 bridgehead atoms.